The largest absolute Gasteiger partial charge is 0.502 e. The zero-order valence-corrected chi connectivity index (χ0v) is 9.18. The third-order valence-corrected chi connectivity index (χ3v) is 2.06. The first-order valence-corrected chi connectivity index (χ1v) is 4.40. The van der Waals surface area contributed by atoms with Gasteiger partial charge in [0, 0.05) is 18.7 Å². The van der Waals surface area contributed by atoms with Crippen LogP contribution in [0.3, 0.4) is 0 Å². The van der Waals surface area contributed by atoms with E-state index in [-0.39, 0.29) is 30.5 Å². The van der Waals surface area contributed by atoms with Crippen molar-refractivity contribution in [1.82, 2.24) is 0 Å². The molecule has 0 amide bonds. The van der Waals surface area contributed by atoms with Crippen molar-refractivity contribution in [3.63, 3.8) is 0 Å². The molecule has 0 spiro atoms. The van der Waals surface area contributed by atoms with Crippen LogP contribution in [0, 0.1) is 10.1 Å². The van der Waals surface area contributed by atoms with Gasteiger partial charge in [-0.1, -0.05) is 6.07 Å². The minimum Gasteiger partial charge on any atom is -0.502 e. The summed E-state index contributed by atoms with van der Waals surface area (Å²) in [7, 11) is 0. The van der Waals surface area contributed by atoms with E-state index in [2.05, 4.69) is 0 Å². The van der Waals surface area contributed by atoms with Gasteiger partial charge in [-0.2, -0.15) is 0 Å². The molecule has 6 nitrogen and oxygen atoms in total. The summed E-state index contributed by atoms with van der Waals surface area (Å²) in [5, 5.41) is 28.4. The third kappa shape index (κ3) is 3.34. The Morgan fingerprint density at radius 3 is 2.62 bits per heavy atom. The molecule has 1 aromatic carbocycles. The number of nitrogens with zero attached hydrogens (tertiary/aromatic N) is 1. The van der Waals surface area contributed by atoms with Crippen LogP contribution in [0.25, 0.3) is 0 Å². The van der Waals surface area contributed by atoms with Gasteiger partial charge < -0.3 is 15.9 Å². The molecule has 0 saturated heterocycles. The Morgan fingerprint density at radius 2 is 2.12 bits per heavy atom. The maximum absolute atomic E-state index is 10.5. The highest BCUT2D eigenvalue weighted by molar-refractivity contribution is 5.85. The smallest absolute Gasteiger partial charge is 0.311 e. The highest BCUT2D eigenvalue weighted by atomic mass is 35.5. The van der Waals surface area contributed by atoms with Crippen LogP contribution in [0.1, 0.15) is 18.0 Å². The fraction of sp³-hybridized carbons (Fsp3) is 0.333. The van der Waals surface area contributed by atoms with Crippen LogP contribution in [0.2, 0.25) is 0 Å². The molecule has 0 saturated carbocycles. The van der Waals surface area contributed by atoms with Gasteiger partial charge in [0.15, 0.2) is 5.75 Å². The molecule has 0 aliphatic carbocycles. The molecule has 0 bridgehead atoms. The van der Waals surface area contributed by atoms with Crippen molar-refractivity contribution in [1.29, 1.82) is 0 Å². The molecule has 0 heterocycles. The average molecular weight is 249 g/mol. The maximum atomic E-state index is 10.5. The average Bonchev–Trinajstić information content (AvgIpc) is 2.18. The number of aromatic hydroxyl groups is 1. The molecule has 0 aliphatic rings. The van der Waals surface area contributed by atoms with Gasteiger partial charge in [0.2, 0.25) is 0 Å². The Hall–Kier alpha value is -1.37. The van der Waals surface area contributed by atoms with E-state index in [1.165, 1.54) is 18.2 Å². The number of nitro groups is 1. The molecular formula is C9H13ClN2O4. The summed E-state index contributed by atoms with van der Waals surface area (Å²) in [6.45, 7) is -0.0875. The molecule has 1 rings (SSSR count). The van der Waals surface area contributed by atoms with Gasteiger partial charge in [0.1, 0.15) is 0 Å². The van der Waals surface area contributed by atoms with Crippen LogP contribution >= 0.6 is 12.4 Å². The Morgan fingerprint density at radius 1 is 1.50 bits per heavy atom. The Kier molecular flexibility index (Phi) is 5.73. The second kappa shape index (κ2) is 6.26. The number of aliphatic hydroxyl groups excluding tert-OH is 1. The normalized spacial score (nSPS) is 11.6. The molecule has 0 aromatic heterocycles. The lowest BCUT2D eigenvalue weighted by Gasteiger charge is -2.09. The summed E-state index contributed by atoms with van der Waals surface area (Å²) in [4.78, 5) is 9.83. The summed E-state index contributed by atoms with van der Waals surface area (Å²) in [6.07, 6.45) is 0.321. The van der Waals surface area contributed by atoms with Gasteiger partial charge in [-0.05, 0) is 18.1 Å². The second-order valence-electron chi connectivity index (χ2n) is 3.12. The first kappa shape index (κ1) is 14.6. The van der Waals surface area contributed by atoms with Crippen molar-refractivity contribution in [3.8, 4) is 5.75 Å². The van der Waals surface area contributed by atoms with Crippen LogP contribution in [0.4, 0.5) is 5.69 Å². The fourth-order valence-electron chi connectivity index (χ4n) is 1.22. The van der Waals surface area contributed by atoms with Gasteiger partial charge in [0.05, 0.1) is 4.92 Å². The summed E-state index contributed by atoms with van der Waals surface area (Å²) in [5.41, 5.74) is 5.81. The molecular weight excluding hydrogens is 236 g/mol. The quantitative estimate of drug-likeness (QED) is 0.546. The Balaban J connectivity index is 0.00000225. The van der Waals surface area contributed by atoms with E-state index in [1.54, 1.807) is 0 Å². The monoisotopic (exact) mass is 248 g/mol. The standard InChI is InChI=1S/C9H12N2O4.ClH/c10-7(3-4-12)6-1-2-9(13)8(5-6)11(14)15;/h1-2,5,7,12-13H,3-4,10H2;1H/t7-;/m0./s1. The van der Waals surface area contributed by atoms with Crippen LogP contribution in [0.15, 0.2) is 18.2 Å². The van der Waals surface area contributed by atoms with E-state index in [4.69, 9.17) is 10.8 Å². The van der Waals surface area contributed by atoms with Crippen LogP contribution in [0.5, 0.6) is 5.75 Å². The van der Waals surface area contributed by atoms with Gasteiger partial charge >= 0.3 is 5.69 Å². The molecule has 90 valence electrons. The SMILES string of the molecule is Cl.N[C@@H](CCO)c1ccc(O)c([N+](=O)[O-])c1. The maximum Gasteiger partial charge on any atom is 0.311 e. The molecule has 0 unspecified atom stereocenters. The van der Waals surface area contributed by atoms with Crippen LogP contribution in [-0.4, -0.2) is 21.7 Å². The van der Waals surface area contributed by atoms with E-state index in [1.807, 2.05) is 0 Å². The number of phenolic OH excluding ortho intramolecular Hbond substituents is 1. The zero-order valence-electron chi connectivity index (χ0n) is 8.37. The Bertz CT molecular complexity index is 373. The minimum absolute atomic E-state index is 0. The van der Waals surface area contributed by atoms with Crippen LogP contribution < -0.4 is 5.73 Å². The number of nitro benzene ring substituents is 1. The molecule has 1 atom stereocenters. The van der Waals surface area contributed by atoms with E-state index in [0.717, 1.165) is 0 Å². The number of hydrogen-bond donors (Lipinski definition) is 3. The Labute approximate surface area is 98.3 Å². The lowest BCUT2D eigenvalue weighted by molar-refractivity contribution is -0.385. The van der Waals surface area contributed by atoms with Gasteiger partial charge in [0.25, 0.3) is 0 Å². The predicted molar refractivity (Wildman–Crippen MR) is 60.6 cm³/mol. The minimum atomic E-state index is -0.676. The summed E-state index contributed by atoms with van der Waals surface area (Å²) >= 11 is 0. The topological polar surface area (TPSA) is 110 Å². The number of aliphatic hydroxyl groups is 1. The number of phenols is 1. The van der Waals surface area contributed by atoms with E-state index < -0.39 is 11.0 Å². The molecule has 0 fully saturated rings. The van der Waals surface area contributed by atoms with Crippen molar-refractivity contribution in [3.05, 3.63) is 33.9 Å². The van der Waals surface area contributed by atoms with E-state index >= 15 is 0 Å². The van der Waals surface area contributed by atoms with E-state index in [0.29, 0.717) is 12.0 Å². The lowest BCUT2D eigenvalue weighted by atomic mass is 10.0. The van der Waals surface area contributed by atoms with Crippen molar-refractivity contribution >= 4 is 18.1 Å². The van der Waals surface area contributed by atoms with Gasteiger partial charge in [-0.15, -0.1) is 12.4 Å². The first-order chi connectivity index (χ1) is 7.06. The molecule has 7 heteroatoms. The van der Waals surface area contributed by atoms with Gasteiger partial charge in [-0.3, -0.25) is 10.1 Å². The van der Waals surface area contributed by atoms with Crippen LogP contribution in [-0.2, 0) is 0 Å². The van der Waals surface area contributed by atoms with Crippen molar-refractivity contribution in [2.45, 2.75) is 12.5 Å². The second-order valence-corrected chi connectivity index (χ2v) is 3.12. The molecule has 0 aliphatic heterocycles. The molecule has 0 radical (unpaired) electrons. The summed E-state index contributed by atoms with van der Waals surface area (Å²) < 4.78 is 0. The fourth-order valence-corrected chi connectivity index (χ4v) is 1.22. The molecule has 16 heavy (non-hydrogen) atoms. The van der Waals surface area contributed by atoms with Crippen molar-refractivity contribution in [2.24, 2.45) is 5.73 Å². The summed E-state index contributed by atoms with van der Waals surface area (Å²) in [6, 6.07) is 3.48. The number of nitrogens with two attached hydrogens (primary N) is 1. The number of rotatable bonds is 4. The molecule has 1 aromatic rings. The highest BCUT2D eigenvalue weighted by Gasteiger charge is 2.16. The predicted octanol–water partition coefficient (Wildman–Crippen LogP) is 1.10. The van der Waals surface area contributed by atoms with E-state index in [9.17, 15) is 15.2 Å². The number of hydrogen-bond acceptors (Lipinski definition) is 5. The van der Waals surface area contributed by atoms with Crippen molar-refractivity contribution < 1.29 is 15.1 Å². The highest BCUT2D eigenvalue weighted by Crippen LogP contribution is 2.28. The van der Waals surface area contributed by atoms with Crippen molar-refractivity contribution in [2.75, 3.05) is 6.61 Å². The molecule has 4 N–H and O–H groups in total. The zero-order chi connectivity index (χ0) is 11.4. The summed E-state index contributed by atoms with van der Waals surface area (Å²) in [5.74, 6) is -0.389. The first-order valence-electron chi connectivity index (χ1n) is 4.40. The lowest BCUT2D eigenvalue weighted by Crippen LogP contribution is -2.12. The third-order valence-electron chi connectivity index (χ3n) is 2.06. The van der Waals surface area contributed by atoms with Gasteiger partial charge in [-0.25, -0.2) is 0 Å². The number of halogens is 1. The number of benzene rings is 1.